The molecule has 0 aliphatic carbocycles. The van der Waals surface area contributed by atoms with Crippen LogP contribution >= 0.6 is 0 Å². The monoisotopic (exact) mass is 341 g/mol. The van der Waals surface area contributed by atoms with E-state index in [0.717, 1.165) is 30.9 Å². The zero-order valence-corrected chi connectivity index (χ0v) is 14.3. The van der Waals surface area contributed by atoms with Gasteiger partial charge in [-0.25, -0.2) is 9.37 Å². The summed E-state index contributed by atoms with van der Waals surface area (Å²) >= 11 is 0. The Bertz CT molecular complexity index is 944. The summed E-state index contributed by atoms with van der Waals surface area (Å²) in [5.74, 6) is 0.929. The van der Waals surface area contributed by atoms with Gasteiger partial charge in [-0.05, 0) is 37.5 Å². The number of halogens is 1. The number of imidazole rings is 1. The fourth-order valence-electron chi connectivity index (χ4n) is 3.61. The van der Waals surface area contributed by atoms with E-state index in [9.17, 15) is 9.18 Å². The van der Waals surface area contributed by atoms with Crippen molar-refractivity contribution in [2.24, 2.45) is 5.92 Å². The largest absolute Gasteiger partial charge is 0.340 e. The zero-order chi connectivity index (χ0) is 17.6. The van der Waals surface area contributed by atoms with Crippen molar-refractivity contribution in [1.29, 1.82) is 0 Å². The van der Waals surface area contributed by atoms with Crippen molar-refractivity contribution in [2.45, 2.75) is 26.3 Å². The Hall–Kier alpha value is -2.70. The van der Waals surface area contributed by atoms with Crippen LogP contribution < -0.4 is 0 Å². The summed E-state index contributed by atoms with van der Waals surface area (Å²) in [4.78, 5) is 19.0. The Morgan fingerprint density at radius 1 is 1.48 bits per heavy atom. The molecule has 1 N–H and O–H groups in total. The number of aromatic amines is 1. The molecular formula is C18H20FN5O. The standard InChI is InChI=1S/C18H20FN5O/c1-11-8-24-10-12(3-6-16(24)20-11)9-23(2)18(25)17-14-7-13(19)4-5-15(14)21-22-17/h4-5,7-8,12H,3,6,9-10H2,1-2H3,(H,21,22). The fourth-order valence-corrected chi connectivity index (χ4v) is 3.61. The smallest absolute Gasteiger partial charge is 0.274 e. The van der Waals surface area contributed by atoms with Crippen molar-refractivity contribution in [3.8, 4) is 0 Å². The second kappa shape index (κ2) is 5.98. The van der Waals surface area contributed by atoms with Crippen LogP contribution in [-0.4, -0.2) is 44.1 Å². The zero-order valence-electron chi connectivity index (χ0n) is 14.3. The topological polar surface area (TPSA) is 66.8 Å². The van der Waals surface area contributed by atoms with Gasteiger partial charge in [0.15, 0.2) is 5.69 Å². The van der Waals surface area contributed by atoms with E-state index in [2.05, 4.69) is 25.9 Å². The molecular weight excluding hydrogens is 321 g/mol. The van der Waals surface area contributed by atoms with Crippen molar-refractivity contribution in [2.75, 3.05) is 13.6 Å². The number of hydrogen-bond donors (Lipinski definition) is 1. The van der Waals surface area contributed by atoms with E-state index >= 15 is 0 Å². The van der Waals surface area contributed by atoms with Gasteiger partial charge in [0.05, 0.1) is 11.2 Å². The highest BCUT2D eigenvalue weighted by Gasteiger charge is 2.25. The maximum absolute atomic E-state index is 13.5. The fraction of sp³-hybridized carbons (Fsp3) is 0.389. The van der Waals surface area contributed by atoms with Crippen molar-refractivity contribution in [3.63, 3.8) is 0 Å². The van der Waals surface area contributed by atoms with Gasteiger partial charge in [0.2, 0.25) is 0 Å². The maximum atomic E-state index is 13.5. The van der Waals surface area contributed by atoms with Crippen molar-refractivity contribution < 1.29 is 9.18 Å². The minimum absolute atomic E-state index is 0.190. The second-order valence-corrected chi connectivity index (χ2v) is 6.80. The Balaban J connectivity index is 1.50. The van der Waals surface area contributed by atoms with E-state index in [0.29, 0.717) is 23.4 Å². The van der Waals surface area contributed by atoms with Crippen LogP contribution in [0.25, 0.3) is 10.9 Å². The van der Waals surface area contributed by atoms with Crippen LogP contribution in [0.2, 0.25) is 0 Å². The van der Waals surface area contributed by atoms with Crippen LogP contribution in [0.3, 0.4) is 0 Å². The minimum atomic E-state index is -0.374. The number of amides is 1. The first-order valence-electron chi connectivity index (χ1n) is 8.43. The summed E-state index contributed by atoms with van der Waals surface area (Å²) in [5, 5.41) is 7.41. The number of H-pyrrole nitrogens is 1. The molecule has 3 heterocycles. The molecule has 0 fully saturated rings. The molecule has 0 bridgehead atoms. The molecule has 6 nitrogen and oxygen atoms in total. The van der Waals surface area contributed by atoms with Gasteiger partial charge in [-0.2, -0.15) is 5.10 Å². The molecule has 1 aliphatic heterocycles. The molecule has 3 aromatic rings. The third-order valence-electron chi connectivity index (χ3n) is 4.82. The van der Waals surface area contributed by atoms with Crippen molar-refractivity contribution in [3.05, 3.63) is 47.4 Å². The molecule has 0 radical (unpaired) electrons. The molecule has 4 rings (SSSR count). The normalized spacial score (nSPS) is 16.8. The number of hydrogen-bond acceptors (Lipinski definition) is 3. The molecule has 1 aromatic carbocycles. The van der Waals surface area contributed by atoms with Crippen LogP contribution in [0.4, 0.5) is 4.39 Å². The third kappa shape index (κ3) is 2.90. The molecule has 1 amide bonds. The highest BCUT2D eigenvalue weighted by atomic mass is 19.1. The average molecular weight is 341 g/mol. The lowest BCUT2D eigenvalue weighted by molar-refractivity contribution is 0.0756. The van der Waals surface area contributed by atoms with Gasteiger partial charge in [0.25, 0.3) is 5.91 Å². The van der Waals surface area contributed by atoms with Gasteiger partial charge in [-0.3, -0.25) is 9.89 Å². The van der Waals surface area contributed by atoms with E-state index in [1.807, 2.05) is 6.92 Å². The second-order valence-electron chi connectivity index (χ2n) is 6.80. The van der Waals surface area contributed by atoms with Crippen molar-refractivity contribution in [1.82, 2.24) is 24.6 Å². The summed E-state index contributed by atoms with van der Waals surface area (Å²) in [6, 6.07) is 4.30. The van der Waals surface area contributed by atoms with Gasteiger partial charge >= 0.3 is 0 Å². The number of carbonyl (C=O) groups is 1. The Morgan fingerprint density at radius 3 is 3.16 bits per heavy atom. The average Bonchev–Trinajstić information content (AvgIpc) is 3.15. The van der Waals surface area contributed by atoms with Crippen LogP contribution in [0.5, 0.6) is 0 Å². The SMILES string of the molecule is Cc1cn2c(n1)CCC(CN(C)C(=O)c1n[nH]c3ccc(F)cc13)C2. The molecule has 1 aliphatic rings. The quantitative estimate of drug-likeness (QED) is 0.796. The summed E-state index contributed by atoms with van der Waals surface area (Å²) in [7, 11) is 1.77. The Morgan fingerprint density at radius 2 is 2.32 bits per heavy atom. The number of nitrogens with zero attached hydrogens (tertiary/aromatic N) is 4. The lowest BCUT2D eigenvalue weighted by Gasteiger charge is -2.27. The lowest BCUT2D eigenvalue weighted by atomic mass is 9.99. The van der Waals surface area contributed by atoms with Gasteiger partial charge in [0.1, 0.15) is 11.6 Å². The molecule has 130 valence electrons. The number of carbonyl (C=O) groups excluding carboxylic acids is 1. The van der Waals surface area contributed by atoms with E-state index < -0.39 is 0 Å². The van der Waals surface area contributed by atoms with Gasteiger partial charge < -0.3 is 9.47 Å². The highest BCUT2D eigenvalue weighted by molar-refractivity contribution is 6.04. The lowest BCUT2D eigenvalue weighted by Crippen LogP contribution is -2.35. The molecule has 0 spiro atoms. The summed E-state index contributed by atoms with van der Waals surface area (Å²) in [6.45, 7) is 3.50. The van der Waals surface area contributed by atoms with E-state index in [4.69, 9.17) is 0 Å². The first-order valence-corrected chi connectivity index (χ1v) is 8.43. The molecule has 0 saturated heterocycles. The number of rotatable bonds is 3. The highest BCUT2D eigenvalue weighted by Crippen LogP contribution is 2.22. The number of fused-ring (bicyclic) bond motifs is 2. The number of nitrogens with one attached hydrogen (secondary N) is 1. The number of aromatic nitrogens is 4. The first kappa shape index (κ1) is 15.8. The molecule has 1 atom stereocenters. The van der Waals surface area contributed by atoms with E-state index in [1.165, 1.54) is 12.1 Å². The van der Waals surface area contributed by atoms with E-state index in [1.54, 1.807) is 18.0 Å². The summed E-state index contributed by atoms with van der Waals surface area (Å²) in [6.07, 6.45) is 3.99. The summed E-state index contributed by atoms with van der Waals surface area (Å²) in [5.41, 5.74) is 1.96. The summed E-state index contributed by atoms with van der Waals surface area (Å²) < 4.78 is 15.7. The molecule has 2 aromatic heterocycles. The minimum Gasteiger partial charge on any atom is -0.340 e. The molecule has 25 heavy (non-hydrogen) atoms. The molecule has 0 saturated carbocycles. The van der Waals surface area contributed by atoms with Gasteiger partial charge in [-0.1, -0.05) is 0 Å². The maximum Gasteiger partial charge on any atom is 0.274 e. The predicted molar refractivity (Wildman–Crippen MR) is 91.8 cm³/mol. The van der Waals surface area contributed by atoms with Crippen LogP contribution in [0.15, 0.2) is 24.4 Å². The van der Waals surface area contributed by atoms with Crippen LogP contribution in [0, 0.1) is 18.7 Å². The third-order valence-corrected chi connectivity index (χ3v) is 4.82. The van der Waals surface area contributed by atoms with Gasteiger partial charge in [0, 0.05) is 38.1 Å². The van der Waals surface area contributed by atoms with Gasteiger partial charge in [-0.15, -0.1) is 0 Å². The first-order chi connectivity index (χ1) is 12.0. The number of benzene rings is 1. The van der Waals surface area contributed by atoms with Crippen molar-refractivity contribution >= 4 is 16.8 Å². The van der Waals surface area contributed by atoms with Crippen LogP contribution in [-0.2, 0) is 13.0 Å². The molecule has 1 unspecified atom stereocenters. The predicted octanol–water partition coefficient (Wildman–Crippen LogP) is 2.54. The molecule has 7 heteroatoms. The Labute approximate surface area is 144 Å². The number of aryl methyl sites for hydroxylation is 2. The van der Waals surface area contributed by atoms with Crippen LogP contribution in [0.1, 0.15) is 28.4 Å². The van der Waals surface area contributed by atoms with E-state index in [-0.39, 0.29) is 17.4 Å². The Kier molecular flexibility index (Phi) is 3.78.